The molecule has 0 spiro atoms. The van der Waals surface area contributed by atoms with E-state index in [4.69, 9.17) is 4.52 Å². The first-order chi connectivity index (χ1) is 7.97. The quantitative estimate of drug-likeness (QED) is 0.785. The molecule has 0 unspecified atom stereocenters. The van der Waals surface area contributed by atoms with Gasteiger partial charge in [0.05, 0.1) is 5.75 Å². The molecule has 0 aliphatic heterocycles. The fourth-order valence-electron chi connectivity index (χ4n) is 1.24. The van der Waals surface area contributed by atoms with Gasteiger partial charge in [0.2, 0.25) is 5.89 Å². The monoisotopic (exact) mass is 252 g/mol. The van der Waals surface area contributed by atoms with Crippen LogP contribution >= 0.6 is 11.8 Å². The van der Waals surface area contributed by atoms with Crippen molar-refractivity contribution in [3.63, 3.8) is 0 Å². The Morgan fingerprint density at radius 3 is 2.71 bits per heavy atom. The second kappa shape index (κ2) is 4.52. The first kappa shape index (κ1) is 12.2. The Bertz CT molecular complexity index is 498. The highest BCUT2D eigenvalue weighted by molar-refractivity contribution is 7.98. The summed E-state index contributed by atoms with van der Waals surface area (Å²) in [5.74, 6) is 2.06. The van der Waals surface area contributed by atoms with Crippen molar-refractivity contribution in [3.05, 3.63) is 24.1 Å². The van der Waals surface area contributed by atoms with Crippen LogP contribution in [0.2, 0.25) is 0 Å². The number of thioether (sulfide) groups is 1. The smallest absolute Gasteiger partial charge is 0.232 e. The van der Waals surface area contributed by atoms with Crippen molar-refractivity contribution in [1.82, 2.24) is 19.7 Å². The molecule has 2 aromatic rings. The summed E-state index contributed by atoms with van der Waals surface area (Å²) in [6, 6.07) is 0. The lowest BCUT2D eigenvalue weighted by atomic mass is 9.97. The van der Waals surface area contributed by atoms with E-state index in [1.165, 1.54) is 0 Å². The Balaban J connectivity index is 2.01. The molecule has 0 N–H and O–H groups in total. The van der Waals surface area contributed by atoms with Crippen LogP contribution in [0.4, 0.5) is 0 Å². The van der Waals surface area contributed by atoms with Crippen molar-refractivity contribution >= 4 is 11.8 Å². The average molecular weight is 252 g/mol. The molecular weight excluding hydrogens is 236 g/mol. The van der Waals surface area contributed by atoms with Gasteiger partial charge in [-0.15, -0.1) is 0 Å². The topological polar surface area (TPSA) is 56.7 Å². The summed E-state index contributed by atoms with van der Waals surface area (Å²) in [5.41, 5.74) is -0.0981. The van der Waals surface area contributed by atoms with E-state index in [9.17, 15) is 0 Å². The summed E-state index contributed by atoms with van der Waals surface area (Å²) in [7, 11) is 1.96. The molecule has 0 bridgehead atoms. The van der Waals surface area contributed by atoms with Gasteiger partial charge in [-0.3, -0.25) is 0 Å². The molecular formula is C11H16N4OS. The fourth-order valence-corrected chi connectivity index (χ4v) is 2.01. The Kier molecular flexibility index (Phi) is 3.24. The highest BCUT2D eigenvalue weighted by Gasteiger charge is 2.21. The lowest BCUT2D eigenvalue weighted by Gasteiger charge is -2.10. The lowest BCUT2D eigenvalue weighted by Crippen LogP contribution is -2.11. The highest BCUT2D eigenvalue weighted by Crippen LogP contribution is 2.23. The third-order valence-electron chi connectivity index (χ3n) is 2.22. The van der Waals surface area contributed by atoms with Crippen molar-refractivity contribution in [2.45, 2.75) is 37.1 Å². The van der Waals surface area contributed by atoms with Gasteiger partial charge in [-0.25, -0.2) is 4.98 Å². The summed E-state index contributed by atoms with van der Waals surface area (Å²) < 4.78 is 7.20. The first-order valence-electron chi connectivity index (χ1n) is 5.40. The van der Waals surface area contributed by atoms with Crippen LogP contribution in [-0.4, -0.2) is 19.7 Å². The minimum atomic E-state index is -0.0981. The van der Waals surface area contributed by atoms with Crippen molar-refractivity contribution < 1.29 is 4.52 Å². The molecule has 0 saturated heterocycles. The second-order valence-electron chi connectivity index (χ2n) is 4.88. The van der Waals surface area contributed by atoms with E-state index >= 15 is 0 Å². The summed E-state index contributed by atoms with van der Waals surface area (Å²) in [6.45, 7) is 6.16. The van der Waals surface area contributed by atoms with Gasteiger partial charge in [0.15, 0.2) is 11.0 Å². The maximum absolute atomic E-state index is 5.23. The largest absolute Gasteiger partial charge is 0.339 e. The summed E-state index contributed by atoms with van der Waals surface area (Å²) >= 11 is 1.60. The van der Waals surface area contributed by atoms with E-state index in [1.54, 1.807) is 18.0 Å². The summed E-state index contributed by atoms with van der Waals surface area (Å²) in [5, 5.41) is 4.92. The van der Waals surface area contributed by atoms with E-state index in [-0.39, 0.29) is 5.41 Å². The molecule has 0 aromatic carbocycles. The molecule has 0 fully saturated rings. The number of imidazole rings is 1. The molecule has 0 aliphatic rings. The van der Waals surface area contributed by atoms with Gasteiger partial charge in [-0.2, -0.15) is 4.98 Å². The number of hydrogen-bond donors (Lipinski definition) is 0. The van der Waals surface area contributed by atoms with Gasteiger partial charge < -0.3 is 9.09 Å². The lowest BCUT2D eigenvalue weighted by molar-refractivity contribution is 0.319. The molecule has 2 heterocycles. The van der Waals surface area contributed by atoms with Crippen LogP contribution in [-0.2, 0) is 18.2 Å². The zero-order valence-electron chi connectivity index (χ0n) is 10.5. The number of aryl methyl sites for hydroxylation is 1. The fraction of sp³-hybridized carbons (Fsp3) is 0.545. The molecule has 17 heavy (non-hydrogen) atoms. The molecule has 0 radical (unpaired) electrons. The molecule has 2 rings (SSSR count). The van der Waals surface area contributed by atoms with Crippen LogP contribution in [0.25, 0.3) is 0 Å². The zero-order chi connectivity index (χ0) is 12.5. The van der Waals surface area contributed by atoms with Gasteiger partial charge in [0.1, 0.15) is 0 Å². The molecule has 0 atom stereocenters. The van der Waals surface area contributed by atoms with E-state index < -0.39 is 0 Å². The van der Waals surface area contributed by atoms with Gasteiger partial charge in [0.25, 0.3) is 0 Å². The second-order valence-corrected chi connectivity index (χ2v) is 5.82. The molecule has 0 aliphatic carbocycles. The van der Waals surface area contributed by atoms with Crippen LogP contribution in [0.3, 0.4) is 0 Å². The van der Waals surface area contributed by atoms with Crippen molar-refractivity contribution in [2.75, 3.05) is 0 Å². The van der Waals surface area contributed by atoms with Crippen LogP contribution < -0.4 is 0 Å². The Morgan fingerprint density at radius 1 is 1.41 bits per heavy atom. The summed E-state index contributed by atoms with van der Waals surface area (Å²) in [6.07, 6.45) is 3.69. The molecule has 2 aromatic heterocycles. The predicted octanol–water partition coefficient (Wildman–Crippen LogP) is 2.39. The van der Waals surface area contributed by atoms with Crippen LogP contribution in [0, 0.1) is 0 Å². The maximum Gasteiger partial charge on any atom is 0.232 e. The van der Waals surface area contributed by atoms with Gasteiger partial charge in [-0.1, -0.05) is 37.7 Å². The molecule has 0 saturated carbocycles. The first-order valence-corrected chi connectivity index (χ1v) is 6.38. The average Bonchev–Trinajstić information content (AvgIpc) is 2.82. The molecule has 6 heteroatoms. The van der Waals surface area contributed by atoms with Crippen LogP contribution in [0.15, 0.2) is 22.1 Å². The normalized spacial score (nSPS) is 12.0. The molecule has 5 nitrogen and oxygen atoms in total. The van der Waals surface area contributed by atoms with Gasteiger partial charge in [0, 0.05) is 24.9 Å². The van der Waals surface area contributed by atoms with Crippen molar-refractivity contribution in [3.8, 4) is 0 Å². The standard InChI is InChI=1S/C11H16N4OS/c1-11(2,3)9-13-8(14-16-9)7-17-10-12-5-6-15(10)4/h5-6H,7H2,1-4H3. The third-order valence-corrected chi connectivity index (χ3v) is 3.27. The SMILES string of the molecule is Cn1ccnc1SCc1noc(C(C)(C)C)n1. The number of aromatic nitrogens is 4. The number of rotatable bonds is 3. The van der Waals surface area contributed by atoms with E-state index in [2.05, 4.69) is 35.9 Å². The zero-order valence-corrected chi connectivity index (χ0v) is 11.3. The van der Waals surface area contributed by atoms with Crippen molar-refractivity contribution in [1.29, 1.82) is 0 Å². The molecule has 0 amide bonds. The minimum absolute atomic E-state index is 0.0981. The Morgan fingerprint density at radius 2 is 2.18 bits per heavy atom. The summed E-state index contributed by atoms with van der Waals surface area (Å²) in [4.78, 5) is 8.60. The Labute approximate surface area is 105 Å². The van der Waals surface area contributed by atoms with E-state index in [0.717, 1.165) is 5.16 Å². The molecule has 92 valence electrons. The van der Waals surface area contributed by atoms with Gasteiger partial charge >= 0.3 is 0 Å². The van der Waals surface area contributed by atoms with E-state index in [1.807, 2.05) is 17.8 Å². The predicted molar refractivity (Wildman–Crippen MR) is 65.8 cm³/mol. The number of nitrogens with zero attached hydrogens (tertiary/aromatic N) is 4. The van der Waals surface area contributed by atoms with Gasteiger partial charge in [-0.05, 0) is 0 Å². The van der Waals surface area contributed by atoms with Crippen LogP contribution in [0.5, 0.6) is 0 Å². The third kappa shape index (κ3) is 2.88. The Hall–Kier alpha value is -1.30. The minimum Gasteiger partial charge on any atom is -0.339 e. The van der Waals surface area contributed by atoms with Crippen molar-refractivity contribution in [2.24, 2.45) is 7.05 Å². The highest BCUT2D eigenvalue weighted by atomic mass is 32.2. The number of hydrogen-bond acceptors (Lipinski definition) is 5. The maximum atomic E-state index is 5.23. The van der Waals surface area contributed by atoms with Crippen LogP contribution in [0.1, 0.15) is 32.5 Å². The van der Waals surface area contributed by atoms with E-state index in [0.29, 0.717) is 17.5 Å².